The van der Waals surface area contributed by atoms with E-state index in [2.05, 4.69) is 9.88 Å². The first-order valence-corrected chi connectivity index (χ1v) is 11.0. The Kier molecular flexibility index (Phi) is 7.12. The molecule has 0 unspecified atom stereocenters. The number of aliphatic hydroxyl groups is 1. The molecule has 3 rings (SSSR count). The third kappa shape index (κ3) is 4.32. The van der Waals surface area contributed by atoms with E-state index in [-0.39, 0.29) is 17.0 Å². The number of methoxy groups -OCH3 is 1. The van der Waals surface area contributed by atoms with Crippen LogP contribution in [0, 0.1) is 20.8 Å². The number of likely N-dealkylation sites (tertiary alicyclic amines) is 1. The van der Waals surface area contributed by atoms with Crippen LogP contribution in [0.2, 0.25) is 0 Å². The number of ketones is 1. The van der Waals surface area contributed by atoms with Gasteiger partial charge in [0.05, 0.1) is 12.7 Å². The summed E-state index contributed by atoms with van der Waals surface area (Å²) in [5.74, 6) is -1.40. The van der Waals surface area contributed by atoms with Gasteiger partial charge in [0.2, 0.25) is 0 Å². The average molecular weight is 458 g/mol. The molecule has 0 spiro atoms. The monoisotopic (exact) mass is 457 g/mol. The molecular formula is C24H31N3O6. The van der Waals surface area contributed by atoms with Gasteiger partial charge in [0.25, 0.3) is 11.7 Å². The van der Waals surface area contributed by atoms with Gasteiger partial charge in [-0.25, -0.2) is 4.79 Å². The van der Waals surface area contributed by atoms with E-state index >= 15 is 0 Å². The first-order chi connectivity index (χ1) is 15.7. The lowest BCUT2D eigenvalue weighted by atomic mass is 9.97. The number of amides is 1. The summed E-state index contributed by atoms with van der Waals surface area (Å²) in [6.45, 7) is 11.6. The highest BCUT2D eigenvalue weighted by Gasteiger charge is 2.48. The van der Waals surface area contributed by atoms with Crippen LogP contribution in [0.5, 0.6) is 0 Å². The maximum absolute atomic E-state index is 13.2. The number of hydrogen-bond acceptors (Lipinski definition) is 7. The van der Waals surface area contributed by atoms with Gasteiger partial charge in [0.15, 0.2) is 0 Å². The number of Topliss-reactive ketones (excluding diaryl/α,β-unsaturated/α-hetero) is 1. The molecule has 3 heterocycles. The topological polar surface area (TPSA) is 116 Å². The van der Waals surface area contributed by atoms with Gasteiger partial charge < -0.3 is 29.0 Å². The Bertz CT molecular complexity index is 1110. The molecule has 178 valence electrons. The van der Waals surface area contributed by atoms with Crippen molar-refractivity contribution in [2.75, 3.05) is 33.3 Å². The fourth-order valence-electron chi connectivity index (χ4n) is 4.34. The second kappa shape index (κ2) is 9.66. The first kappa shape index (κ1) is 24.3. The number of hydrogen-bond donors (Lipinski definition) is 2. The van der Waals surface area contributed by atoms with Gasteiger partial charge in [0, 0.05) is 24.3 Å². The van der Waals surface area contributed by atoms with Crippen LogP contribution >= 0.6 is 0 Å². The van der Waals surface area contributed by atoms with Crippen LogP contribution in [0.4, 0.5) is 0 Å². The van der Waals surface area contributed by atoms with Crippen molar-refractivity contribution < 1.29 is 28.6 Å². The van der Waals surface area contributed by atoms with Crippen molar-refractivity contribution in [3.63, 3.8) is 0 Å². The zero-order chi connectivity index (χ0) is 24.4. The van der Waals surface area contributed by atoms with Crippen molar-refractivity contribution in [3.05, 3.63) is 51.7 Å². The molecule has 1 atom stereocenters. The molecule has 33 heavy (non-hydrogen) atoms. The molecule has 0 bridgehead atoms. The molecule has 2 N–H and O–H groups in total. The molecule has 1 saturated heterocycles. The lowest BCUT2D eigenvalue weighted by Gasteiger charge is -2.26. The smallest absolute Gasteiger partial charge is 0.354 e. The summed E-state index contributed by atoms with van der Waals surface area (Å²) in [5, 5.41) is 11.3. The Morgan fingerprint density at radius 2 is 1.88 bits per heavy atom. The van der Waals surface area contributed by atoms with Gasteiger partial charge in [-0.2, -0.15) is 0 Å². The lowest BCUT2D eigenvalue weighted by Crippen LogP contribution is -2.37. The van der Waals surface area contributed by atoms with Gasteiger partial charge in [-0.3, -0.25) is 9.59 Å². The van der Waals surface area contributed by atoms with Gasteiger partial charge in [-0.05, 0) is 51.6 Å². The van der Waals surface area contributed by atoms with Gasteiger partial charge in [0.1, 0.15) is 29.0 Å². The van der Waals surface area contributed by atoms with E-state index in [9.17, 15) is 19.5 Å². The molecule has 9 heteroatoms. The van der Waals surface area contributed by atoms with Crippen LogP contribution < -0.4 is 0 Å². The molecule has 2 aromatic rings. The Hall–Kier alpha value is -3.33. The number of carbonyl (C=O) groups excluding carboxylic acids is 3. The highest BCUT2D eigenvalue weighted by Crippen LogP contribution is 2.41. The number of rotatable bonds is 8. The van der Waals surface area contributed by atoms with Crippen molar-refractivity contribution in [2.24, 2.45) is 0 Å². The average Bonchev–Trinajstić information content (AvgIpc) is 3.42. The maximum Gasteiger partial charge on any atom is 0.354 e. The molecule has 9 nitrogen and oxygen atoms in total. The number of furan rings is 1. The van der Waals surface area contributed by atoms with Crippen molar-refractivity contribution in [3.8, 4) is 0 Å². The fraction of sp³-hybridized carbons (Fsp3) is 0.458. The van der Waals surface area contributed by atoms with Gasteiger partial charge in [-0.1, -0.05) is 13.8 Å². The predicted molar refractivity (Wildman–Crippen MR) is 122 cm³/mol. The number of esters is 1. The van der Waals surface area contributed by atoms with Crippen molar-refractivity contribution in [1.29, 1.82) is 0 Å². The molecular weight excluding hydrogens is 426 g/mol. The Labute approximate surface area is 193 Å². The van der Waals surface area contributed by atoms with Gasteiger partial charge >= 0.3 is 5.97 Å². The van der Waals surface area contributed by atoms with E-state index in [4.69, 9.17) is 9.15 Å². The summed E-state index contributed by atoms with van der Waals surface area (Å²) >= 11 is 0. The molecule has 1 fully saturated rings. The summed E-state index contributed by atoms with van der Waals surface area (Å²) in [7, 11) is 1.26. The zero-order valence-electron chi connectivity index (χ0n) is 19.9. The molecule has 0 aromatic carbocycles. The molecule has 1 aliphatic heterocycles. The number of aliphatic hydroxyl groups excluding tert-OH is 1. The molecule has 0 aliphatic carbocycles. The molecule has 1 aliphatic rings. The zero-order valence-corrected chi connectivity index (χ0v) is 19.9. The van der Waals surface area contributed by atoms with Gasteiger partial charge in [-0.15, -0.1) is 0 Å². The number of aromatic nitrogens is 1. The number of aromatic amines is 1. The molecule has 1 amide bonds. The van der Waals surface area contributed by atoms with Crippen LogP contribution in [-0.4, -0.2) is 70.8 Å². The number of carbonyl (C=O) groups is 3. The quantitative estimate of drug-likeness (QED) is 0.271. The number of H-pyrrole nitrogens is 1. The van der Waals surface area contributed by atoms with E-state index in [1.165, 1.54) is 12.0 Å². The first-order valence-electron chi connectivity index (χ1n) is 11.0. The summed E-state index contributed by atoms with van der Waals surface area (Å²) in [5.41, 5.74) is 1.33. The van der Waals surface area contributed by atoms with Crippen molar-refractivity contribution in [2.45, 2.75) is 40.7 Å². The van der Waals surface area contributed by atoms with E-state index in [0.29, 0.717) is 41.4 Å². The minimum Gasteiger partial charge on any atom is -0.507 e. The Balaban J connectivity index is 2.15. The van der Waals surface area contributed by atoms with Crippen LogP contribution in [0.3, 0.4) is 0 Å². The van der Waals surface area contributed by atoms with Crippen LogP contribution in [0.25, 0.3) is 5.76 Å². The SMILES string of the molecule is CCN(CC)CCN1C(=O)C(=O)/C(=C(/O)c2c(C)[nH]c(C(=O)OC)c2C)[C@H]1c1ccc(C)o1. The molecule has 0 saturated carbocycles. The van der Waals surface area contributed by atoms with E-state index in [1.807, 2.05) is 13.8 Å². The normalized spacial score (nSPS) is 17.9. The standard InChI is InChI=1S/C24H31N3O6/c1-7-26(8-2)11-12-27-20(16-10-9-13(3)33-16)18(22(29)23(27)30)21(28)17-14(4)19(24(31)32-6)25-15(17)5/h9-10,20,25,28H,7-8,11-12H2,1-6H3/b21-18+/t20-/m1/s1. The van der Waals surface area contributed by atoms with Crippen molar-refractivity contribution >= 4 is 23.4 Å². The summed E-state index contributed by atoms with van der Waals surface area (Å²) in [4.78, 5) is 44.8. The summed E-state index contributed by atoms with van der Waals surface area (Å²) < 4.78 is 10.6. The Morgan fingerprint density at radius 3 is 2.42 bits per heavy atom. The second-order valence-electron chi connectivity index (χ2n) is 8.08. The second-order valence-corrected chi connectivity index (χ2v) is 8.08. The number of likely N-dealkylation sites (N-methyl/N-ethyl adjacent to an activating group) is 1. The largest absolute Gasteiger partial charge is 0.507 e. The van der Waals surface area contributed by atoms with Crippen molar-refractivity contribution in [1.82, 2.24) is 14.8 Å². The van der Waals surface area contributed by atoms with Crippen LogP contribution in [-0.2, 0) is 14.3 Å². The number of aryl methyl sites for hydroxylation is 2. The highest BCUT2D eigenvalue weighted by atomic mass is 16.5. The number of nitrogens with one attached hydrogen (secondary N) is 1. The van der Waals surface area contributed by atoms with E-state index in [1.54, 1.807) is 32.9 Å². The number of nitrogens with zero attached hydrogens (tertiary/aromatic N) is 2. The van der Waals surface area contributed by atoms with E-state index in [0.717, 1.165) is 13.1 Å². The Morgan fingerprint density at radius 1 is 1.21 bits per heavy atom. The lowest BCUT2D eigenvalue weighted by molar-refractivity contribution is -0.140. The third-order valence-electron chi connectivity index (χ3n) is 6.19. The number of ether oxygens (including phenoxy) is 1. The van der Waals surface area contributed by atoms with Crippen LogP contribution in [0.1, 0.15) is 58.7 Å². The highest BCUT2D eigenvalue weighted by molar-refractivity contribution is 6.46. The van der Waals surface area contributed by atoms with E-state index < -0.39 is 23.7 Å². The minimum absolute atomic E-state index is 0.0597. The fourth-order valence-corrected chi connectivity index (χ4v) is 4.34. The predicted octanol–water partition coefficient (Wildman–Crippen LogP) is 3.08. The third-order valence-corrected chi connectivity index (χ3v) is 6.19. The maximum atomic E-state index is 13.2. The van der Waals surface area contributed by atoms with Crippen LogP contribution in [0.15, 0.2) is 22.1 Å². The minimum atomic E-state index is -0.871. The summed E-state index contributed by atoms with van der Waals surface area (Å²) in [6.07, 6.45) is 0. The summed E-state index contributed by atoms with van der Waals surface area (Å²) in [6, 6.07) is 2.59. The molecule has 2 aromatic heterocycles. The molecule has 0 radical (unpaired) electrons.